The molecule has 32 heavy (non-hydrogen) atoms. The number of carbonyl (C=O) groups is 1. The fourth-order valence-electron chi connectivity index (χ4n) is 7.00. The van der Waals surface area contributed by atoms with Gasteiger partial charge < -0.3 is 4.90 Å². The SMILES string of the molecule is Cn1nc(CC(=O)N2CCCC3=C[C@@H]4C[C@@H](CN5CCCC[C@H]45)[C@@H]32)c2ccccc2c1=O. The summed E-state index contributed by atoms with van der Waals surface area (Å²) in [7, 11) is 1.67. The Hall–Kier alpha value is -2.47. The number of carbonyl (C=O) groups excluding carboxylic acids is 1. The van der Waals surface area contributed by atoms with Crippen molar-refractivity contribution >= 4 is 16.7 Å². The standard InChI is InChI=1S/C26H32N4O2/c1-28-26(32)21-9-3-2-8-20(21)22(27-28)15-24(31)30-12-6-7-17-13-18-14-19(25(17)30)16-29-11-5-4-10-23(18)29/h2-3,8-9,13,18-19,23,25H,4-7,10-12,14-16H2,1H3/t18-,19+,23-,25-/m1/s1. The van der Waals surface area contributed by atoms with Crippen molar-refractivity contribution in [2.45, 2.75) is 57.0 Å². The van der Waals surface area contributed by atoms with Crippen LogP contribution in [0.15, 0.2) is 40.7 Å². The van der Waals surface area contributed by atoms with Gasteiger partial charge in [0.2, 0.25) is 5.91 Å². The molecule has 1 aromatic carbocycles. The van der Waals surface area contributed by atoms with Gasteiger partial charge in [-0.2, -0.15) is 5.10 Å². The highest BCUT2D eigenvalue weighted by Gasteiger charge is 2.46. The van der Waals surface area contributed by atoms with Gasteiger partial charge in [-0.3, -0.25) is 14.5 Å². The molecule has 4 atom stereocenters. The zero-order valence-corrected chi connectivity index (χ0v) is 18.9. The molecule has 2 bridgehead atoms. The Morgan fingerprint density at radius 2 is 1.97 bits per heavy atom. The van der Waals surface area contributed by atoms with Gasteiger partial charge in [0, 0.05) is 31.6 Å². The second kappa shape index (κ2) is 7.84. The van der Waals surface area contributed by atoms with Crippen LogP contribution in [0.5, 0.6) is 0 Å². The first kappa shape index (κ1) is 20.2. The van der Waals surface area contributed by atoms with Crippen LogP contribution in [-0.2, 0) is 18.3 Å². The Morgan fingerprint density at radius 3 is 2.84 bits per heavy atom. The average Bonchev–Trinajstić information content (AvgIpc) is 2.82. The van der Waals surface area contributed by atoms with Crippen molar-refractivity contribution < 1.29 is 4.79 Å². The number of likely N-dealkylation sites (tertiary alicyclic amines) is 1. The van der Waals surface area contributed by atoms with Crippen molar-refractivity contribution in [3.05, 3.63) is 52.0 Å². The molecule has 0 spiro atoms. The molecule has 3 aliphatic heterocycles. The number of fused-ring (bicyclic) bond motifs is 7. The monoisotopic (exact) mass is 432 g/mol. The summed E-state index contributed by atoms with van der Waals surface area (Å²) >= 11 is 0. The topological polar surface area (TPSA) is 58.4 Å². The fraction of sp³-hybridized carbons (Fsp3) is 0.577. The Kier molecular flexibility index (Phi) is 4.94. The largest absolute Gasteiger partial charge is 0.335 e. The van der Waals surface area contributed by atoms with Crippen LogP contribution >= 0.6 is 0 Å². The Labute approximate surface area is 188 Å². The predicted octanol–water partition coefficient (Wildman–Crippen LogP) is 2.90. The van der Waals surface area contributed by atoms with Crippen LogP contribution in [0.3, 0.4) is 0 Å². The highest BCUT2D eigenvalue weighted by molar-refractivity contribution is 5.88. The normalized spacial score (nSPS) is 29.9. The van der Waals surface area contributed by atoms with Crippen LogP contribution in [0, 0.1) is 11.8 Å². The van der Waals surface area contributed by atoms with E-state index >= 15 is 0 Å². The lowest BCUT2D eigenvalue weighted by Crippen LogP contribution is -2.60. The van der Waals surface area contributed by atoms with Gasteiger partial charge in [-0.05, 0) is 56.6 Å². The van der Waals surface area contributed by atoms with Gasteiger partial charge in [-0.1, -0.05) is 36.3 Å². The van der Waals surface area contributed by atoms with E-state index in [-0.39, 0.29) is 23.9 Å². The smallest absolute Gasteiger partial charge is 0.274 e. The van der Waals surface area contributed by atoms with Crippen molar-refractivity contribution in [3.63, 3.8) is 0 Å². The number of amides is 1. The minimum atomic E-state index is -0.114. The lowest BCUT2D eigenvalue weighted by atomic mass is 9.68. The molecule has 4 aliphatic rings. The number of aromatic nitrogens is 2. The van der Waals surface area contributed by atoms with Gasteiger partial charge in [0.15, 0.2) is 0 Å². The van der Waals surface area contributed by atoms with Crippen molar-refractivity contribution in [3.8, 4) is 0 Å². The maximum atomic E-state index is 13.7. The average molecular weight is 433 g/mol. The third-order valence-corrected chi connectivity index (χ3v) is 8.33. The summed E-state index contributed by atoms with van der Waals surface area (Å²) in [4.78, 5) is 31.0. The first-order valence-corrected chi connectivity index (χ1v) is 12.3. The molecule has 1 amide bonds. The van der Waals surface area contributed by atoms with Gasteiger partial charge in [0.05, 0.1) is 23.5 Å². The predicted molar refractivity (Wildman–Crippen MR) is 124 cm³/mol. The van der Waals surface area contributed by atoms with Gasteiger partial charge in [-0.25, -0.2) is 4.68 Å². The van der Waals surface area contributed by atoms with Crippen molar-refractivity contribution in [1.82, 2.24) is 19.6 Å². The fourth-order valence-corrected chi connectivity index (χ4v) is 7.00. The molecule has 0 saturated carbocycles. The molecular formula is C26H32N4O2. The van der Waals surface area contributed by atoms with E-state index in [1.165, 1.54) is 42.5 Å². The quantitative estimate of drug-likeness (QED) is 0.685. The van der Waals surface area contributed by atoms with Gasteiger partial charge >= 0.3 is 0 Å². The molecule has 6 nitrogen and oxygen atoms in total. The van der Waals surface area contributed by atoms with E-state index in [0.717, 1.165) is 37.4 Å². The van der Waals surface area contributed by atoms with Gasteiger partial charge in [-0.15, -0.1) is 0 Å². The van der Waals surface area contributed by atoms with E-state index in [1.54, 1.807) is 7.05 Å². The number of hydrogen-bond donors (Lipinski definition) is 0. The number of nitrogens with zero attached hydrogens (tertiary/aromatic N) is 4. The molecule has 1 aromatic heterocycles. The van der Waals surface area contributed by atoms with Crippen LogP contribution in [0.4, 0.5) is 0 Å². The molecule has 3 saturated heterocycles. The maximum absolute atomic E-state index is 13.7. The Morgan fingerprint density at radius 1 is 1.12 bits per heavy atom. The molecule has 3 fully saturated rings. The summed E-state index contributed by atoms with van der Waals surface area (Å²) in [6, 6.07) is 8.49. The van der Waals surface area contributed by atoms with Gasteiger partial charge in [0.25, 0.3) is 5.56 Å². The summed E-state index contributed by atoms with van der Waals surface area (Å²) in [5.74, 6) is 1.36. The van der Waals surface area contributed by atoms with E-state index in [4.69, 9.17) is 0 Å². The Balaban J connectivity index is 1.31. The first-order valence-electron chi connectivity index (χ1n) is 12.3. The van der Waals surface area contributed by atoms with Crippen LogP contribution in [-0.4, -0.2) is 57.2 Å². The lowest BCUT2D eigenvalue weighted by molar-refractivity contribution is -0.135. The lowest BCUT2D eigenvalue weighted by Gasteiger charge is -2.54. The van der Waals surface area contributed by atoms with E-state index < -0.39 is 0 Å². The molecule has 168 valence electrons. The minimum Gasteiger partial charge on any atom is -0.335 e. The number of piperidine rings is 3. The van der Waals surface area contributed by atoms with Crippen LogP contribution in [0.25, 0.3) is 10.8 Å². The van der Waals surface area contributed by atoms with E-state index in [9.17, 15) is 9.59 Å². The highest BCUT2D eigenvalue weighted by Crippen LogP contribution is 2.45. The van der Waals surface area contributed by atoms with Crippen LogP contribution < -0.4 is 5.56 Å². The summed E-state index contributed by atoms with van der Waals surface area (Å²) < 4.78 is 1.37. The van der Waals surface area contributed by atoms with Crippen molar-refractivity contribution in [1.29, 1.82) is 0 Å². The molecule has 6 heteroatoms. The number of aryl methyl sites for hydroxylation is 1. The third kappa shape index (κ3) is 3.22. The summed E-state index contributed by atoms with van der Waals surface area (Å²) in [6.45, 7) is 3.18. The van der Waals surface area contributed by atoms with E-state index in [2.05, 4.69) is 21.0 Å². The molecule has 0 unspecified atom stereocenters. The number of benzene rings is 1. The second-order valence-corrected chi connectivity index (χ2v) is 10.2. The molecule has 0 N–H and O–H groups in total. The van der Waals surface area contributed by atoms with E-state index in [1.807, 2.05) is 24.3 Å². The van der Waals surface area contributed by atoms with Crippen LogP contribution in [0.1, 0.15) is 44.2 Å². The molecule has 1 aliphatic carbocycles. The molecule has 6 rings (SSSR count). The zero-order valence-electron chi connectivity index (χ0n) is 18.9. The number of rotatable bonds is 2. The van der Waals surface area contributed by atoms with Crippen LogP contribution in [0.2, 0.25) is 0 Å². The Bertz CT molecular complexity index is 1150. The van der Waals surface area contributed by atoms with Crippen molar-refractivity contribution in [2.75, 3.05) is 19.6 Å². The zero-order chi connectivity index (χ0) is 21.8. The van der Waals surface area contributed by atoms with Gasteiger partial charge in [0.1, 0.15) is 0 Å². The summed E-state index contributed by atoms with van der Waals surface area (Å²) in [6.07, 6.45) is 10.2. The van der Waals surface area contributed by atoms with Crippen molar-refractivity contribution in [2.24, 2.45) is 18.9 Å². The first-order chi connectivity index (χ1) is 15.6. The molecular weight excluding hydrogens is 400 g/mol. The highest BCUT2D eigenvalue weighted by atomic mass is 16.2. The molecule has 4 heterocycles. The second-order valence-electron chi connectivity index (χ2n) is 10.2. The minimum absolute atomic E-state index is 0.114. The third-order valence-electron chi connectivity index (χ3n) is 8.33. The molecule has 2 aromatic rings. The van der Waals surface area contributed by atoms with E-state index in [0.29, 0.717) is 22.9 Å². The summed E-state index contributed by atoms with van der Waals surface area (Å²) in [5, 5.41) is 5.93. The maximum Gasteiger partial charge on any atom is 0.274 e. The number of hydrogen-bond acceptors (Lipinski definition) is 4. The molecule has 0 radical (unpaired) electrons. The summed E-state index contributed by atoms with van der Waals surface area (Å²) in [5.41, 5.74) is 2.10.